The Morgan fingerprint density at radius 1 is 0.917 bits per heavy atom. The van der Waals surface area contributed by atoms with E-state index >= 15 is 0 Å². The van der Waals surface area contributed by atoms with Gasteiger partial charge in [-0.05, 0) is 61.3 Å². The number of aromatic nitrogens is 1. The molecule has 0 radical (unpaired) electrons. The average molecular weight is 487 g/mol. The SMILES string of the molecule is O=C(O)c1ccc2c(C3CCCCC3)c3n(c2c1)C[C@@H](C(=O)N1CCCC(O)C1)Cc1ccccc1-3. The van der Waals surface area contributed by atoms with Crippen LogP contribution in [0.5, 0.6) is 0 Å². The summed E-state index contributed by atoms with van der Waals surface area (Å²) >= 11 is 0. The lowest BCUT2D eigenvalue weighted by Gasteiger charge is -2.33. The summed E-state index contributed by atoms with van der Waals surface area (Å²) in [6.07, 6.45) is 7.73. The van der Waals surface area contributed by atoms with Crippen molar-refractivity contribution in [2.45, 2.75) is 69.9 Å². The first-order chi connectivity index (χ1) is 17.5. The third-order valence-electron chi connectivity index (χ3n) is 8.56. The molecule has 1 saturated heterocycles. The molecule has 0 spiro atoms. The number of aromatic carboxylic acids is 1. The maximum atomic E-state index is 13.8. The van der Waals surface area contributed by atoms with E-state index in [-0.39, 0.29) is 17.4 Å². The number of hydrogen-bond acceptors (Lipinski definition) is 3. The zero-order valence-electron chi connectivity index (χ0n) is 20.7. The maximum absolute atomic E-state index is 13.8. The second kappa shape index (κ2) is 9.40. The molecule has 1 unspecified atom stereocenters. The van der Waals surface area contributed by atoms with Crippen molar-refractivity contribution < 1.29 is 19.8 Å². The molecule has 2 fully saturated rings. The summed E-state index contributed by atoms with van der Waals surface area (Å²) < 4.78 is 2.25. The summed E-state index contributed by atoms with van der Waals surface area (Å²) in [6.45, 7) is 1.60. The number of fused-ring (bicyclic) bond motifs is 5. The monoisotopic (exact) mass is 486 g/mol. The molecule has 6 nitrogen and oxygen atoms in total. The van der Waals surface area contributed by atoms with Gasteiger partial charge in [0, 0.05) is 36.1 Å². The van der Waals surface area contributed by atoms with E-state index in [4.69, 9.17) is 0 Å². The molecular weight excluding hydrogens is 452 g/mol. The van der Waals surface area contributed by atoms with Gasteiger partial charge < -0.3 is 19.7 Å². The number of carboxylic acids is 1. The second-order valence-electron chi connectivity index (χ2n) is 10.9. The summed E-state index contributed by atoms with van der Waals surface area (Å²) in [5.74, 6) is -0.672. The summed E-state index contributed by atoms with van der Waals surface area (Å²) in [7, 11) is 0. The van der Waals surface area contributed by atoms with Gasteiger partial charge in [0.2, 0.25) is 5.91 Å². The highest BCUT2D eigenvalue weighted by Gasteiger charge is 2.35. The number of aliphatic hydroxyl groups is 1. The van der Waals surface area contributed by atoms with Gasteiger partial charge in [-0.1, -0.05) is 49.6 Å². The zero-order chi connectivity index (χ0) is 24.8. The van der Waals surface area contributed by atoms with Gasteiger partial charge in [0.15, 0.2) is 0 Å². The number of likely N-dealkylation sites (tertiary alicyclic amines) is 1. The van der Waals surface area contributed by atoms with Gasteiger partial charge >= 0.3 is 5.97 Å². The first-order valence-electron chi connectivity index (χ1n) is 13.5. The number of carboxylic acid groups (broad SMARTS) is 1. The van der Waals surface area contributed by atoms with E-state index in [9.17, 15) is 19.8 Å². The number of carbonyl (C=O) groups is 2. The summed E-state index contributed by atoms with van der Waals surface area (Å²) in [5, 5.41) is 21.1. The van der Waals surface area contributed by atoms with Crippen LogP contribution in [0.4, 0.5) is 0 Å². The average Bonchev–Trinajstić information content (AvgIpc) is 3.11. The van der Waals surface area contributed by atoms with Crippen LogP contribution in [-0.2, 0) is 17.8 Å². The predicted molar refractivity (Wildman–Crippen MR) is 139 cm³/mol. The van der Waals surface area contributed by atoms with Crippen LogP contribution >= 0.6 is 0 Å². The lowest BCUT2D eigenvalue weighted by molar-refractivity contribution is -0.139. The van der Waals surface area contributed by atoms with Gasteiger partial charge in [-0.2, -0.15) is 0 Å². The number of carbonyl (C=O) groups excluding carboxylic acids is 1. The van der Waals surface area contributed by atoms with Crippen molar-refractivity contribution in [3.05, 3.63) is 59.2 Å². The fourth-order valence-corrected chi connectivity index (χ4v) is 6.85. The Morgan fingerprint density at radius 2 is 1.72 bits per heavy atom. The van der Waals surface area contributed by atoms with Crippen molar-refractivity contribution in [2.75, 3.05) is 13.1 Å². The largest absolute Gasteiger partial charge is 0.478 e. The summed E-state index contributed by atoms with van der Waals surface area (Å²) in [4.78, 5) is 27.5. The number of aliphatic hydroxyl groups excluding tert-OH is 1. The first-order valence-corrected chi connectivity index (χ1v) is 13.5. The Bertz CT molecular complexity index is 1320. The van der Waals surface area contributed by atoms with Gasteiger partial charge in [-0.3, -0.25) is 4.79 Å². The van der Waals surface area contributed by atoms with Crippen LogP contribution < -0.4 is 0 Å². The highest BCUT2D eigenvalue weighted by atomic mass is 16.4. The minimum atomic E-state index is -0.935. The molecule has 1 amide bonds. The van der Waals surface area contributed by atoms with E-state index in [0.29, 0.717) is 32.0 Å². The van der Waals surface area contributed by atoms with Gasteiger partial charge in [-0.15, -0.1) is 0 Å². The molecule has 2 aromatic carbocycles. The van der Waals surface area contributed by atoms with Crippen LogP contribution in [-0.4, -0.2) is 50.8 Å². The molecule has 2 aliphatic heterocycles. The molecule has 2 N–H and O–H groups in total. The Hall–Kier alpha value is -3.12. The molecule has 3 heterocycles. The van der Waals surface area contributed by atoms with Crippen LogP contribution in [0.25, 0.3) is 22.2 Å². The number of rotatable bonds is 3. The summed E-state index contributed by atoms with van der Waals surface area (Å²) in [6, 6.07) is 13.9. The number of amides is 1. The van der Waals surface area contributed by atoms with E-state index in [1.165, 1.54) is 41.6 Å². The Kier molecular flexibility index (Phi) is 6.08. The minimum absolute atomic E-state index is 0.0897. The van der Waals surface area contributed by atoms with Crippen molar-refractivity contribution >= 4 is 22.8 Å². The van der Waals surface area contributed by atoms with Crippen molar-refractivity contribution in [1.82, 2.24) is 9.47 Å². The molecule has 3 aromatic rings. The number of β-amino-alcohol motifs (C(OH)–C–C–N with tert-alkyl or cyclic N) is 1. The maximum Gasteiger partial charge on any atom is 0.335 e. The van der Waals surface area contributed by atoms with E-state index in [0.717, 1.165) is 36.6 Å². The van der Waals surface area contributed by atoms with Crippen molar-refractivity contribution in [3.8, 4) is 11.3 Å². The molecule has 3 aliphatic rings. The highest BCUT2D eigenvalue weighted by molar-refractivity contribution is 5.99. The van der Waals surface area contributed by atoms with Crippen molar-refractivity contribution in [2.24, 2.45) is 5.92 Å². The summed E-state index contributed by atoms with van der Waals surface area (Å²) in [5.41, 5.74) is 6.03. The highest BCUT2D eigenvalue weighted by Crippen LogP contribution is 2.46. The molecule has 1 aromatic heterocycles. The van der Waals surface area contributed by atoms with Crippen LogP contribution in [0.15, 0.2) is 42.5 Å². The predicted octanol–water partition coefficient (Wildman–Crippen LogP) is 5.21. The third-order valence-corrected chi connectivity index (χ3v) is 8.56. The molecule has 0 bridgehead atoms. The van der Waals surface area contributed by atoms with E-state index in [2.05, 4.69) is 22.8 Å². The Morgan fingerprint density at radius 3 is 2.50 bits per heavy atom. The smallest absolute Gasteiger partial charge is 0.335 e. The van der Waals surface area contributed by atoms with Crippen LogP contribution in [0.2, 0.25) is 0 Å². The van der Waals surface area contributed by atoms with Gasteiger partial charge in [0.05, 0.1) is 23.3 Å². The number of hydrogen-bond donors (Lipinski definition) is 2. The molecule has 36 heavy (non-hydrogen) atoms. The van der Waals surface area contributed by atoms with Crippen LogP contribution in [0.3, 0.4) is 0 Å². The van der Waals surface area contributed by atoms with Gasteiger partial charge in [0.25, 0.3) is 0 Å². The lowest BCUT2D eigenvalue weighted by Crippen LogP contribution is -2.46. The van der Waals surface area contributed by atoms with Crippen molar-refractivity contribution in [3.63, 3.8) is 0 Å². The molecule has 1 aliphatic carbocycles. The first kappa shape index (κ1) is 23.3. The lowest BCUT2D eigenvalue weighted by atomic mass is 9.81. The third kappa shape index (κ3) is 4.01. The number of nitrogens with zero attached hydrogens (tertiary/aromatic N) is 2. The number of piperidine rings is 1. The van der Waals surface area contributed by atoms with Crippen LogP contribution in [0, 0.1) is 5.92 Å². The molecule has 6 heteroatoms. The number of benzene rings is 2. The minimum Gasteiger partial charge on any atom is -0.478 e. The van der Waals surface area contributed by atoms with Crippen LogP contribution in [0.1, 0.15) is 72.3 Å². The molecule has 1 saturated carbocycles. The Balaban J connectivity index is 1.55. The fraction of sp³-hybridized carbons (Fsp3) is 0.467. The van der Waals surface area contributed by atoms with Gasteiger partial charge in [-0.25, -0.2) is 4.79 Å². The van der Waals surface area contributed by atoms with E-state index in [1.54, 1.807) is 12.1 Å². The molecule has 2 atom stereocenters. The molecule has 6 rings (SSSR count). The molecular formula is C30H34N2O4. The fourth-order valence-electron chi connectivity index (χ4n) is 6.85. The quantitative estimate of drug-likeness (QED) is 0.532. The van der Waals surface area contributed by atoms with E-state index < -0.39 is 12.1 Å². The zero-order valence-corrected chi connectivity index (χ0v) is 20.7. The van der Waals surface area contributed by atoms with E-state index in [1.807, 2.05) is 17.0 Å². The standard InChI is InChI=1S/C30H34N2O4/c33-23-10-6-14-31(18-23)29(34)22-15-20-9-4-5-11-24(20)28-27(19-7-2-1-3-8-19)25-13-12-21(30(35)36)16-26(25)32(28)17-22/h4-5,9,11-13,16,19,22-23,33H,1-3,6-8,10,14-15,17-18H2,(H,35,36)/t22-,23?/m0/s1. The topological polar surface area (TPSA) is 82.8 Å². The normalized spacial score (nSPS) is 22.6. The Labute approximate surface area is 211 Å². The molecule has 188 valence electrons. The second-order valence-corrected chi connectivity index (χ2v) is 10.9. The van der Waals surface area contributed by atoms with Crippen molar-refractivity contribution in [1.29, 1.82) is 0 Å². The van der Waals surface area contributed by atoms with Gasteiger partial charge in [0.1, 0.15) is 0 Å².